The molecule has 4 aromatic rings. The molecule has 126 valence electrons. The normalized spacial score (nSPS) is 11.9. The molecule has 0 spiro atoms. The van der Waals surface area contributed by atoms with Gasteiger partial charge in [-0.05, 0) is 42.0 Å². The van der Waals surface area contributed by atoms with E-state index in [-0.39, 0.29) is 0 Å². The molecular formula is C19H16N2O2S2. The zero-order valence-electron chi connectivity index (χ0n) is 13.5. The number of hydroxylamine groups is 2. The molecule has 2 aromatic carbocycles. The number of urea groups is 1. The number of fused-ring (bicyclic) bond motifs is 2. The standard InChI is InChI=1S/C19H16N2O2S2/c1-19(21(23)18(20)22,16-10-12-6-2-4-8-14(12)24-16)17-11-13-7-3-5-9-15(13)25-17/h2-11,23H,1H3,(H2,20,22). The van der Waals surface area contributed by atoms with Gasteiger partial charge in [-0.3, -0.25) is 5.21 Å². The largest absolute Gasteiger partial charge is 0.350 e. The molecule has 0 radical (unpaired) electrons. The fourth-order valence-corrected chi connectivity index (χ4v) is 5.48. The van der Waals surface area contributed by atoms with E-state index in [4.69, 9.17) is 5.73 Å². The molecule has 25 heavy (non-hydrogen) atoms. The van der Waals surface area contributed by atoms with Crippen molar-refractivity contribution in [2.75, 3.05) is 0 Å². The molecule has 0 unspecified atom stereocenters. The van der Waals surface area contributed by atoms with Gasteiger partial charge in [0, 0.05) is 19.2 Å². The third kappa shape index (κ3) is 2.50. The van der Waals surface area contributed by atoms with Gasteiger partial charge in [-0.25, -0.2) is 4.79 Å². The van der Waals surface area contributed by atoms with Gasteiger partial charge in [0.1, 0.15) is 5.54 Å². The van der Waals surface area contributed by atoms with Crippen molar-refractivity contribution in [1.29, 1.82) is 0 Å². The maximum Gasteiger partial charge on any atom is 0.339 e. The summed E-state index contributed by atoms with van der Waals surface area (Å²) in [6.07, 6.45) is 0. The van der Waals surface area contributed by atoms with Crippen molar-refractivity contribution >= 4 is 48.9 Å². The highest BCUT2D eigenvalue weighted by molar-refractivity contribution is 7.20. The quantitative estimate of drug-likeness (QED) is 0.388. The van der Waals surface area contributed by atoms with Crippen molar-refractivity contribution in [2.45, 2.75) is 12.5 Å². The van der Waals surface area contributed by atoms with Crippen LogP contribution in [0.15, 0.2) is 60.7 Å². The van der Waals surface area contributed by atoms with Crippen LogP contribution in [0.5, 0.6) is 0 Å². The number of hydrogen-bond donors (Lipinski definition) is 2. The molecule has 6 heteroatoms. The number of nitrogens with two attached hydrogens (primary N) is 1. The maximum absolute atomic E-state index is 11.8. The van der Waals surface area contributed by atoms with Crippen molar-refractivity contribution < 1.29 is 10.0 Å². The molecule has 0 saturated heterocycles. The van der Waals surface area contributed by atoms with Crippen molar-refractivity contribution in [2.24, 2.45) is 5.73 Å². The molecule has 2 amide bonds. The van der Waals surface area contributed by atoms with Crippen LogP contribution in [-0.4, -0.2) is 16.3 Å². The van der Waals surface area contributed by atoms with Crippen LogP contribution in [0.25, 0.3) is 20.2 Å². The minimum Gasteiger partial charge on any atom is -0.350 e. The first-order chi connectivity index (χ1) is 12.0. The fraction of sp³-hybridized carbons (Fsp3) is 0.105. The van der Waals surface area contributed by atoms with Crippen molar-refractivity contribution in [3.05, 3.63) is 70.4 Å². The topological polar surface area (TPSA) is 66.6 Å². The zero-order valence-corrected chi connectivity index (χ0v) is 15.1. The van der Waals surface area contributed by atoms with Crippen LogP contribution < -0.4 is 5.73 Å². The van der Waals surface area contributed by atoms with E-state index in [1.54, 1.807) is 22.7 Å². The molecule has 0 bridgehead atoms. The van der Waals surface area contributed by atoms with Crippen molar-refractivity contribution in [3.8, 4) is 0 Å². The van der Waals surface area contributed by atoms with Crippen LogP contribution in [-0.2, 0) is 5.54 Å². The summed E-state index contributed by atoms with van der Waals surface area (Å²) in [5, 5.41) is 13.4. The summed E-state index contributed by atoms with van der Waals surface area (Å²) in [6.45, 7) is 1.83. The summed E-state index contributed by atoms with van der Waals surface area (Å²) >= 11 is 3.10. The SMILES string of the molecule is CC(c1cc2ccccc2s1)(c1cc2ccccc2s1)N(O)C(N)=O. The fourth-order valence-electron chi connectivity index (χ4n) is 2.99. The lowest BCUT2D eigenvalue weighted by Gasteiger charge is -2.34. The Hall–Kier alpha value is -2.41. The third-order valence-corrected chi connectivity index (χ3v) is 7.10. The van der Waals surface area contributed by atoms with Crippen LogP contribution >= 0.6 is 22.7 Å². The third-order valence-electron chi connectivity index (χ3n) is 4.44. The number of nitrogens with zero attached hydrogens (tertiary/aromatic N) is 1. The molecule has 0 aliphatic heterocycles. The van der Waals surface area contributed by atoms with E-state index in [1.165, 1.54) is 0 Å². The van der Waals surface area contributed by atoms with E-state index in [0.29, 0.717) is 5.06 Å². The first-order valence-electron chi connectivity index (χ1n) is 7.77. The average molecular weight is 368 g/mol. The second-order valence-corrected chi connectivity index (χ2v) is 8.19. The van der Waals surface area contributed by atoms with Gasteiger partial charge in [0.25, 0.3) is 0 Å². The molecule has 4 nitrogen and oxygen atoms in total. The molecule has 0 aliphatic rings. The zero-order chi connectivity index (χ0) is 17.6. The molecule has 0 atom stereocenters. The molecule has 2 aromatic heterocycles. The van der Waals surface area contributed by atoms with Crippen molar-refractivity contribution in [3.63, 3.8) is 0 Å². The second-order valence-electron chi connectivity index (χ2n) is 6.02. The number of primary amides is 1. The lowest BCUT2D eigenvalue weighted by molar-refractivity contribution is -0.103. The minimum absolute atomic E-state index is 0.641. The number of carbonyl (C=O) groups is 1. The van der Waals surface area contributed by atoms with Gasteiger partial charge < -0.3 is 5.73 Å². The highest BCUT2D eigenvalue weighted by Crippen LogP contribution is 2.44. The summed E-state index contributed by atoms with van der Waals surface area (Å²) in [5.41, 5.74) is 4.39. The number of thiophene rings is 2. The number of carbonyl (C=O) groups excluding carboxylic acids is 1. The van der Waals surface area contributed by atoms with Crippen LogP contribution in [0.3, 0.4) is 0 Å². The number of benzene rings is 2. The van der Waals surface area contributed by atoms with Crippen LogP contribution in [0.2, 0.25) is 0 Å². The lowest BCUT2D eigenvalue weighted by Crippen LogP contribution is -2.47. The van der Waals surface area contributed by atoms with Gasteiger partial charge in [-0.15, -0.1) is 22.7 Å². The van der Waals surface area contributed by atoms with Gasteiger partial charge in [-0.1, -0.05) is 36.4 Å². The molecular weight excluding hydrogens is 352 g/mol. The molecule has 0 aliphatic carbocycles. The summed E-state index contributed by atoms with van der Waals surface area (Å²) in [4.78, 5) is 13.6. The van der Waals surface area contributed by atoms with E-state index >= 15 is 0 Å². The van der Waals surface area contributed by atoms with E-state index in [1.807, 2.05) is 67.6 Å². The molecule has 4 rings (SSSR count). The van der Waals surface area contributed by atoms with E-state index in [9.17, 15) is 10.0 Å². The van der Waals surface area contributed by atoms with Gasteiger partial charge in [-0.2, -0.15) is 5.06 Å². The lowest BCUT2D eigenvalue weighted by atomic mass is 9.96. The average Bonchev–Trinajstić information content (AvgIpc) is 3.24. The highest BCUT2D eigenvalue weighted by Gasteiger charge is 2.40. The summed E-state index contributed by atoms with van der Waals surface area (Å²) in [6, 6.07) is 19.1. The Bertz CT molecular complexity index is 943. The molecule has 0 fully saturated rings. The van der Waals surface area contributed by atoms with Crippen LogP contribution in [0.1, 0.15) is 16.7 Å². The summed E-state index contributed by atoms with van der Waals surface area (Å²) in [5.74, 6) is 0. The Morgan fingerprint density at radius 3 is 1.80 bits per heavy atom. The van der Waals surface area contributed by atoms with E-state index in [0.717, 1.165) is 29.9 Å². The van der Waals surface area contributed by atoms with E-state index in [2.05, 4.69) is 0 Å². The molecule has 3 N–H and O–H groups in total. The minimum atomic E-state index is -1.04. The molecule has 2 heterocycles. The predicted molar refractivity (Wildman–Crippen MR) is 103 cm³/mol. The van der Waals surface area contributed by atoms with Crippen molar-refractivity contribution in [1.82, 2.24) is 5.06 Å². The molecule has 0 saturated carbocycles. The van der Waals surface area contributed by atoms with Crippen LogP contribution in [0, 0.1) is 0 Å². The van der Waals surface area contributed by atoms with Gasteiger partial charge >= 0.3 is 6.03 Å². The Labute approximate surface area is 152 Å². The number of hydrogen-bond acceptors (Lipinski definition) is 4. The Balaban J connectivity index is 1.97. The summed E-state index contributed by atoms with van der Waals surface area (Å²) in [7, 11) is 0. The van der Waals surface area contributed by atoms with Gasteiger partial charge in [0.15, 0.2) is 0 Å². The Kier molecular flexibility index (Phi) is 3.76. The monoisotopic (exact) mass is 368 g/mol. The number of amides is 2. The highest BCUT2D eigenvalue weighted by atomic mass is 32.1. The first-order valence-corrected chi connectivity index (χ1v) is 9.40. The Morgan fingerprint density at radius 2 is 1.40 bits per heavy atom. The smallest absolute Gasteiger partial charge is 0.339 e. The maximum atomic E-state index is 11.8. The van der Waals surface area contributed by atoms with E-state index < -0.39 is 11.6 Å². The first kappa shape index (κ1) is 16.1. The van der Waals surface area contributed by atoms with Gasteiger partial charge in [0.2, 0.25) is 0 Å². The van der Waals surface area contributed by atoms with Crippen LogP contribution in [0.4, 0.5) is 4.79 Å². The van der Waals surface area contributed by atoms with Gasteiger partial charge in [0.05, 0.1) is 0 Å². The predicted octanol–water partition coefficient (Wildman–Crippen LogP) is 5.15. The Morgan fingerprint density at radius 1 is 0.960 bits per heavy atom. The summed E-state index contributed by atoms with van der Waals surface area (Å²) < 4.78 is 2.20. The number of rotatable bonds is 3. The second kappa shape index (κ2) is 5.84.